The molecule has 0 aliphatic rings. The van der Waals surface area contributed by atoms with Gasteiger partial charge in [-0.1, -0.05) is 238 Å². The fourth-order valence-electron chi connectivity index (χ4n) is 7.06. The lowest BCUT2D eigenvalue weighted by molar-refractivity contribution is -0.123. The Morgan fingerprint density at radius 2 is 0.755 bits per heavy atom. The maximum atomic E-state index is 12.4. The summed E-state index contributed by atoms with van der Waals surface area (Å²) in [5.41, 5.74) is 0. The molecule has 0 rings (SSSR count). The minimum atomic E-state index is -0.833. The summed E-state index contributed by atoms with van der Waals surface area (Å²) in [5, 5.41) is 23.0. The van der Waals surface area contributed by atoms with Gasteiger partial charge >= 0.3 is 0 Å². The SMILES string of the molecule is CCCCCCCCCCCCCCCC/C=C/C(O)C(CO)NC(=O)CCCCCCCCCCCCCCCCCCCCCCC. The number of aliphatic hydroxyl groups is 2. The van der Waals surface area contributed by atoms with Gasteiger partial charge < -0.3 is 15.5 Å². The minimum Gasteiger partial charge on any atom is -0.394 e. The molecule has 2 atom stereocenters. The molecule has 292 valence electrons. The third-order valence-electron chi connectivity index (χ3n) is 10.5. The van der Waals surface area contributed by atoms with Crippen LogP contribution in [0.2, 0.25) is 0 Å². The second-order valence-electron chi connectivity index (χ2n) is 15.5. The Balaban J connectivity index is 3.51. The van der Waals surface area contributed by atoms with Crippen molar-refractivity contribution in [1.29, 1.82) is 0 Å². The molecule has 2 unspecified atom stereocenters. The summed E-state index contributed by atoms with van der Waals surface area (Å²) in [4.78, 5) is 12.4. The molecule has 0 aromatic rings. The summed E-state index contributed by atoms with van der Waals surface area (Å²) in [6, 6.07) is -0.616. The molecule has 0 radical (unpaired) electrons. The highest BCUT2D eigenvalue weighted by Crippen LogP contribution is 2.16. The number of aliphatic hydroxyl groups excluding tert-OH is 2. The maximum absolute atomic E-state index is 12.4. The normalized spacial score (nSPS) is 13.0. The molecule has 0 spiro atoms. The van der Waals surface area contributed by atoms with Crippen molar-refractivity contribution in [2.45, 2.75) is 264 Å². The Morgan fingerprint density at radius 1 is 0.469 bits per heavy atom. The fourth-order valence-corrected chi connectivity index (χ4v) is 7.06. The van der Waals surface area contributed by atoms with Gasteiger partial charge in [-0.2, -0.15) is 0 Å². The second kappa shape index (κ2) is 41.5. The molecule has 3 N–H and O–H groups in total. The molecule has 0 bridgehead atoms. The summed E-state index contributed by atoms with van der Waals surface area (Å²) in [6.45, 7) is 4.33. The Labute approximate surface area is 307 Å². The van der Waals surface area contributed by atoms with E-state index in [0.29, 0.717) is 6.42 Å². The van der Waals surface area contributed by atoms with Crippen LogP contribution in [0.15, 0.2) is 12.2 Å². The molecule has 0 aliphatic carbocycles. The van der Waals surface area contributed by atoms with E-state index in [1.165, 1.54) is 205 Å². The van der Waals surface area contributed by atoms with Crippen LogP contribution in [-0.2, 0) is 4.79 Å². The van der Waals surface area contributed by atoms with Gasteiger partial charge in [0.05, 0.1) is 18.8 Å². The maximum Gasteiger partial charge on any atom is 0.220 e. The van der Waals surface area contributed by atoms with Gasteiger partial charge in [-0.05, 0) is 19.3 Å². The highest BCUT2D eigenvalue weighted by atomic mass is 16.3. The first-order valence-corrected chi connectivity index (χ1v) is 22.4. The van der Waals surface area contributed by atoms with E-state index in [4.69, 9.17) is 0 Å². The van der Waals surface area contributed by atoms with E-state index in [9.17, 15) is 15.0 Å². The average Bonchev–Trinajstić information content (AvgIpc) is 3.10. The number of rotatable bonds is 41. The molecule has 1 amide bonds. The predicted molar refractivity (Wildman–Crippen MR) is 216 cm³/mol. The molecule has 0 aromatic carbocycles. The first kappa shape index (κ1) is 48.1. The van der Waals surface area contributed by atoms with Gasteiger partial charge in [0.15, 0.2) is 0 Å². The van der Waals surface area contributed by atoms with Crippen LogP contribution in [0.4, 0.5) is 0 Å². The molecule has 0 aliphatic heterocycles. The number of hydrogen-bond acceptors (Lipinski definition) is 3. The summed E-state index contributed by atoms with van der Waals surface area (Å²) in [7, 11) is 0. The third kappa shape index (κ3) is 38.2. The summed E-state index contributed by atoms with van der Waals surface area (Å²) in [6.07, 6.45) is 51.8. The molecule has 0 heterocycles. The van der Waals surface area contributed by atoms with Gasteiger partial charge in [-0.3, -0.25) is 4.79 Å². The quantitative estimate of drug-likeness (QED) is 0.0441. The number of allylic oxidation sites excluding steroid dienone is 1. The summed E-state index contributed by atoms with van der Waals surface area (Å²) < 4.78 is 0. The van der Waals surface area contributed by atoms with Crippen LogP contribution in [0, 0.1) is 0 Å². The molecule has 49 heavy (non-hydrogen) atoms. The third-order valence-corrected chi connectivity index (χ3v) is 10.5. The van der Waals surface area contributed by atoms with Crippen LogP contribution in [0.5, 0.6) is 0 Å². The fraction of sp³-hybridized carbons (Fsp3) is 0.933. The molecular formula is C45H89NO3. The van der Waals surface area contributed by atoms with Gasteiger partial charge in [-0.25, -0.2) is 0 Å². The largest absolute Gasteiger partial charge is 0.394 e. The lowest BCUT2D eigenvalue weighted by atomic mass is 10.0. The van der Waals surface area contributed by atoms with Gasteiger partial charge in [-0.15, -0.1) is 0 Å². The van der Waals surface area contributed by atoms with Crippen LogP contribution in [0.1, 0.15) is 251 Å². The standard InChI is InChI=1S/C45H89NO3/c1-3-5-7-9-11-13-15-17-19-21-22-23-24-25-27-29-31-33-35-37-39-41-45(49)46-43(42-47)44(48)40-38-36-34-32-30-28-26-20-18-16-14-12-10-8-6-4-2/h38,40,43-44,47-48H,3-37,39,41-42H2,1-2H3,(H,46,49)/b40-38+. The highest BCUT2D eigenvalue weighted by Gasteiger charge is 2.17. The van der Waals surface area contributed by atoms with Gasteiger partial charge in [0.1, 0.15) is 0 Å². The van der Waals surface area contributed by atoms with Crippen molar-refractivity contribution in [3.8, 4) is 0 Å². The van der Waals surface area contributed by atoms with Crippen molar-refractivity contribution in [1.82, 2.24) is 5.32 Å². The minimum absolute atomic E-state index is 0.0590. The van der Waals surface area contributed by atoms with Crippen molar-refractivity contribution in [3.63, 3.8) is 0 Å². The van der Waals surface area contributed by atoms with E-state index in [-0.39, 0.29) is 12.5 Å². The predicted octanol–water partition coefficient (Wildman–Crippen LogP) is 13.9. The monoisotopic (exact) mass is 692 g/mol. The lowest BCUT2D eigenvalue weighted by Gasteiger charge is -2.20. The van der Waals surface area contributed by atoms with E-state index >= 15 is 0 Å². The topological polar surface area (TPSA) is 69.6 Å². The van der Waals surface area contributed by atoms with E-state index in [1.54, 1.807) is 6.08 Å². The second-order valence-corrected chi connectivity index (χ2v) is 15.5. The van der Waals surface area contributed by atoms with Crippen LogP contribution < -0.4 is 5.32 Å². The van der Waals surface area contributed by atoms with Crippen LogP contribution in [0.3, 0.4) is 0 Å². The zero-order valence-electron chi connectivity index (χ0n) is 33.5. The van der Waals surface area contributed by atoms with E-state index in [2.05, 4.69) is 19.2 Å². The van der Waals surface area contributed by atoms with Crippen LogP contribution in [0.25, 0.3) is 0 Å². The van der Waals surface area contributed by atoms with E-state index in [0.717, 1.165) is 25.7 Å². The average molecular weight is 692 g/mol. The van der Waals surface area contributed by atoms with Crippen molar-refractivity contribution >= 4 is 5.91 Å². The molecule has 0 fully saturated rings. The molecule has 4 nitrogen and oxygen atoms in total. The van der Waals surface area contributed by atoms with E-state index < -0.39 is 12.1 Å². The van der Waals surface area contributed by atoms with Crippen LogP contribution >= 0.6 is 0 Å². The molecule has 0 saturated carbocycles. The van der Waals surface area contributed by atoms with Crippen LogP contribution in [-0.4, -0.2) is 34.9 Å². The Hall–Kier alpha value is -0.870. The van der Waals surface area contributed by atoms with Gasteiger partial charge in [0.2, 0.25) is 5.91 Å². The number of unbranched alkanes of at least 4 members (excludes halogenated alkanes) is 34. The number of amides is 1. The Kier molecular flexibility index (Phi) is 40.8. The first-order chi connectivity index (χ1) is 24.2. The summed E-state index contributed by atoms with van der Waals surface area (Å²) >= 11 is 0. The zero-order valence-corrected chi connectivity index (χ0v) is 33.5. The molecule has 0 saturated heterocycles. The van der Waals surface area contributed by atoms with Crippen molar-refractivity contribution < 1.29 is 15.0 Å². The van der Waals surface area contributed by atoms with Gasteiger partial charge in [0.25, 0.3) is 0 Å². The highest BCUT2D eigenvalue weighted by molar-refractivity contribution is 5.76. The Bertz CT molecular complexity index is 666. The summed E-state index contributed by atoms with van der Waals surface area (Å²) in [5.74, 6) is -0.0590. The zero-order chi connectivity index (χ0) is 35.7. The van der Waals surface area contributed by atoms with Gasteiger partial charge in [0, 0.05) is 6.42 Å². The number of carbonyl (C=O) groups excluding carboxylic acids is 1. The Morgan fingerprint density at radius 3 is 1.06 bits per heavy atom. The molecular weight excluding hydrogens is 602 g/mol. The first-order valence-electron chi connectivity index (χ1n) is 22.4. The lowest BCUT2D eigenvalue weighted by Crippen LogP contribution is -2.45. The van der Waals surface area contributed by atoms with Crippen molar-refractivity contribution in [2.24, 2.45) is 0 Å². The molecule has 4 heteroatoms. The van der Waals surface area contributed by atoms with Crippen molar-refractivity contribution in [3.05, 3.63) is 12.2 Å². The number of hydrogen-bond donors (Lipinski definition) is 3. The van der Waals surface area contributed by atoms with E-state index in [1.807, 2.05) is 6.08 Å². The number of carbonyl (C=O) groups is 1. The van der Waals surface area contributed by atoms with Crippen molar-refractivity contribution in [2.75, 3.05) is 6.61 Å². The number of nitrogens with one attached hydrogen (secondary N) is 1. The molecule has 0 aromatic heterocycles. The smallest absolute Gasteiger partial charge is 0.220 e.